The van der Waals surface area contributed by atoms with Crippen LogP contribution in [0.2, 0.25) is 5.02 Å². The first kappa shape index (κ1) is 24.9. The Morgan fingerprint density at radius 3 is 2.18 bits per heavy atom. The van der Waals surface area contributed by atoms with Gasteiger partial charge in [-0.05, 0) is 66.6 Å². The molecule has 3 rings (SSSR count). The molecule has 0 saturated carbocycles. The molecule has 0 unspecified atom stereocenters. The number of halogens is 1. The molecule has 0 heterocycles. The van der Waals surface area contributed by atoms with Crippen LogP contribution in [0.5, 0.6) is 11.5 Å². The number of carbonyl (C=O) groups excluding carboxylic acids is 2. The number of carbonyl (C=O) groups is 2. The fourth-order valence-corrected chi connectivity index (χ4v) is 3.51. The van der Waals surface area contributed by atoms with Gasteiger partial charge in [-0.25, -0.2) is 4.79 Å². The number of hydrogen-bond donors (Lipinski definition) is 2. The zero-order chi connectivity index (χ0) is 24.3. The van der Waals surface area contributed by atoms with E-state index in [1.54, 1.807) is 55.5 Å². The Bertz CT molecular complexity index is 1090. The number of nitrogens with one attached hydrogen (secondary N) is 2. The maximum absolute atomic E-state index is 13.0. The van der Waals surface area contributed by atoms with Crippen molar-refractivity contribution in [2.75, 3.05) is 37.5 Å². The van der Waals surface area contributed by atoms with E-state index in [2.05, 4.69) is 10.6 Å². The third-order valence-electron chi connectivity index (χ3n) is 5.11. The second-order valence-electron chi connectivity index (χ2n) is 7.52. The van der Waals surface area contributed by atoms with Gasteiger partial charge in [-0.3, -0.25) is 9.69 Å². The first-order valence-corrected chi connectivity index (χ1v) is 11.2. The molecule has 0 fully saturated rings. The van der Waals surface area contributed by atoms with Gasteiger partial charge in [0.15, 0.2) is 0 Å². The maximum atomic E-state index is 13.0. The number of amides is 3. The smallest absolute Gasteiger partial charge is 0.326 e. The summed E-state index contributed by atoms with van der Waals surface area (Å²) < 4.78 is 10.4. The molecule has 0 saturated heterocycles. The van der Waals surface area contributed by atoms with Crippen molar-refractivity contribution in [2.45, 2.75) is 12.8 Å². The molecule has 0 radical (unpaired) electrons. The molecule has 0 aliphatic carbocycles. The fourth-order valence-electron chi connectivity index (χ4n) is 3.32. The van der Waals surface area contributed by atoms with Crippen LogP contribution in [-0.2, 0) is 11.2 Å². The summed E-state index contributed by atoms with van der Waals surface area (Å²) in [5.41, 5.74) is 2.22. The summed E-state index contributed by atoms with van der Waals surface area (Å²) in [4.78, 5) is 27.0. The van der Waals surface area contributed by atoms with Crippen molar-refractivity contribution in [1.29, 1.82) is 0 Å². The SMILES string of the molecule is COc1ccc(CC(=O)NCCCN(C(=O)Nc2cccc(Cl)c2)c2ccc(OC)cc2)cc1. The first-order valence-electron chi connectivity index (χ1n) is 10.9. The average molecular weight is 482 g/mol. The predicted molar refractivity (Wildman–Crippen MR) is 135 cm³/mol. The molecule has 3 aromatic carbocycles. The number of ether oxygens (including phenoxy) is 2. The topological polar surface area (TPSA) is 79.9 Å². The molecule has 3 aromatic rings. The molecule has 0 aromatic heterocycles. The van der Waals surface area contributed by atoms with Crippen LogP contribution in [0.4, 0.5) is 16.2 Å². The lowest BCUT2D eigenvalue weighted by atomic mass is 10.1. The number of nitrogens with zero attached hydrogens (tertiary/aromatic N) is 1. The summed E-state index contributed by atoms with van der Waals surface area (Å²) in [5.74, 6) is 1.37. The Balaban J connectivity index is 1.58. The first-order chi connectivity index (χ1) is 16.5. The van der Waals surface area contributed by atoms with Gasteiger partial charge >= 0.3 is 6.03 Å². The summed E-state index contributed by atoms with van der Waals surface area (Å²) in [5, 5.41) is 6.33. The van der Waals surface area contributed by atoms with Crippen molar-refractivity contribution in [3.05, 3.63) is 83.4 Å². The van der Waals surface area contributed by atoms with Crippen LogP contribution in [0.1, 0.15) is 12.0 Å². The quantitative estimate of drug-likeness (QED) is 0.393. The second-order valence-corrected chi connectivity index (χ2v) is 7.95. The molecule has 3 amide bonds. The van der Waals surface area contributed by atoms with Crippen LogP contribution in [-0.4, -0.2) is 39.2 Å². The summed E-state index contributed by atoms with van der Waals surface area (Å²) in [6.07, 6.45) is 0.852. The van der Waals surface area contributed by atoms with E-state index in [-0.39, 0.29) is 18.4 Å². The molecule has 178 valence electrons. The molecule has 0 atom stereocenters. The largest absolute Gasteiger partial charge is 0.497 e. The minimum atomic E-state index is -0.294. The normalized spacial score (nSPS) is 10.3. The maximum Gasteiger partial charge on any atom is 0.326 e. The molecule has 0 aliphatic heterocycles. The summed E-state index contributed by atoms with van der Waals surface area (Å²) in [6.45, 7) is 0.841. The molecule has 7 nitrogen and oxygen atoms in total. The number of rotatable bonds is 10. The number of urea groups is 1. The van der Waals surface area contributed by atoms with Gasteiger partial charge in [-0.1, -0.05) is 29.8 Å². The van der Waals surface area contributed by atoms with E-state index in [4.69, 9.17) is 21.1 Å². The van der Waals surface area contributed by atoms with Crippen molar-refractivity contribution in [3.8, 4) is 11.5 Å². The summed E-state index contributed by atoms with van der Waals surface area (Å²) >= 11 is 6.04. The fraction of sp³-hybridized carbons (Fsp3) is 0.231. The van der Waals surface area contributed by atoms with Crippen LogP contribution in [0.3, 0.4) is 0 Å². The lowest BCUT2D eigenvalue weighted by Crippen LogP contribution is -2.37. The molecule has 0 bridgehead atoms. The Labute approximate surface area is 204 Å². The summed E-state index contributed by atoms with van der Waals surface area (Å²) in [7, 11) is 3.19. The molecular formula is C26H28ClN3O4. The van der Waals surface area contributed by atoms with E-state index in [0.29, 0.717) is 41.7 Å². The van der Waals surface area contributed by atoms with E-state index < -0.39 is 0 Å². The van der Waals surface area contributed by atoms with Crippen LogP contribution >= 0.6 is 11.6 Å². The molecule has 8 heteroatoms. The Kier molecular flexibility index (Phi) is 9.17. The van der Waals surface area contributed by atoms with Gasteiger partial charge in [0.2, 0.25) is 5.91 Å². The average Bonchev–Trinajstić information content (AvgIpc) is 2.84. The van der Waals surface area contributed by atoms with Crippen molar-refractivity contribution in [3.63, 3.8) is 0 Å². The predicted octanol–water partition coefficient (Wildman–Crippen LogP) is 5.14. The standard InChI is InChI=1S/C26H28ClN3O4/c1-33-23-11-7-19(8-12-23)17-25(31)28-15-4-16-30(22-9-13-24(34-2)14-10-22)26(32)29-21-6-3-5-20(27)18-21/h3,5-14,18H,4,15-17H2,1-2H3,(H,28,31)(H,29,32). The Morgan fingerprint density at radius 1 is 0.912 bits per heavy atom. The van der Waals surface area contributed by atoms with Gasteiger partial charge in [0.1, 0.15) is 11.5 Å². The van der Waals surface area contributed by atoms with Crippen molar-refractivity contribution in [1.82, 2.24) is 5.32 Å². The number of hydrogen-bond acceptors (Lipinski definition) is 4. The molecule has 34 heavy (non-hydrogen) atoms. The van der Waals surface area contributed by atoms with Crippen LogP contribution < -0.4 is 25.0 Å². The minimum Gasteiger partial charge on any atom is -0.497 e. The van der Waals surface area contributed by atoms with E-state index in [0.717, 1.165) is 11.3 Å². The molecule has 0 spiro atoms. The second kappa shape index (κ2) is 12.5. The highest BCUT2D eigenvalue weighted by molar-refractivity contribution is 6.30. The van der Waals surface area contributed by atoms with Gasteiger partial charge in [0.05, 0.1) is 20.6 Å². The van der Waals surface area contributed by atoms with Crippen LogP contribution in [0.15, 0.2) is 72.8 Å². The molecular weight excluding hydrogens is 454 g/mol. The lowest BCUT2D eigenvalue weighted by molar-refractivity contribution is -0.120. The van der Waals surface area contributed by atoms with Crippen LogP contribution in [0.25, 0.3) is 0 Å². The third kappa shape index (κ3) is 7.42. The van der Waals surface area contributed by atoms with Crippen LogP contribution in [0, 0.1) is 0 Å². The van der Waals surface area contributed by atoms with E-state index in [9.17, 15) is 9.59 Å². The molecule has 0 aliphatic rings. The van der Waals surface area contributed by atoms with Crippen molar-refractivity contribution in [2.24, 2.45) is 0 Å². The van der Waals surface area contributed by atoms with E-state index in [1.807, 2.05) is 36.4 Å². The van der Waals surface area contributed by atoms with Gasteiger partial charge < -0.3 is 20.1 Å². The summed E-state index contributed by atoms with van der Waals surface area (Å²) in [6, 6.07) is 21.3. The lowest BCUT2D eigenvalue weighted by Gasteiger charge is -2.24. The zero-order valence-corrected chi connectivity index (χ0v) is 20.0. The van der Waals surface area contributed by atoms with E-state index >= 15 is 0 Å². The van der Waals surface area contributed by atoms with Crippen molar-refractivity contribution >= 4 is 34.9 Å². The van der Waals surface area contributed by atoms with Gasteiger partial charge in [0, 0.05) is 29.5 Å². The molecule has 2 N–H and O–H groups in total. The number of benzene rings is 3. The van der Waals surface area contributed by atoms with Gasteiger partial charge in [-0.2, -0.15) is 0 Å². The highest BCUT2D eigenvalue weighted by Gasteiger charge is 2.16. The van der Waals surface area contributed by atoms with Crippen molar-refractivity contribution < 1.29 is 19.1 Å². The monoisotopic (exact) mass is 481 g/mol. The Morgan fingerprint density at radius 2 is 1.56 bits per heavy atom. The zero-order valence-electron chi connectivity index (χ0n) is 19.2. The van der Waals surface area contributed by atoms with Gasteiger partial charge in [0.25, 0.3) is 0 Å². The van der Waals surface area contributed by atoms with Gasteiger partial charge in [-0.15, -0.1) is 0 Å². The number of anilines is 2. The minimum absolute atomic E-state index is 0.0791. The highest BCUT2D eigenvalue weighted by Crippen LogP contribution is 2.22. The Hall–Kier alpha value is -3.71. The number of methoxy groups -OCH3 is 2. The third-order valence-corrected chi connectivity index (χ3v) is 5.34. The highest BCUT2D eigenvalue weighted by atomic mass is 35.5. The van der Waals surface area contributed by atoms with E-state index in [1.165, 1.54) is 0 Å².